The van der Waals surface area contributed by atoms with E-state index >= 15 is 0 Å². The minimum Gasteiger partial charge on any atom is -0.354 e. The van der Waals surface area contributed by atoms with Gasteiger partial charge < -0.3 is 16.8 Å². The molecule has 0 spiro atoms. The molecule has 0 aromatic rings. The average molecular weight is 244 g/mol. The molecule has 6 heteroatoms. The van der Waals surface area contributed by atoms with Gasteiger partial charge in [0.15, 0.2) is 0 Å². The zero-order chi connectivity index (χ0) is 9.14. The third-order valence-electron chi connectivity index (χ3n) is 2.36. The van der Waals surface area contributed by atoms with E-state index in [0.29, 0.717) is 0 Å². The maximum atomic E-state index is 10.7. The van der Waals surface area contributed by atoms with E-state index in [1.54, 1.807) is 0 Å². The molecular formula is C8H19Cl2N3O. The molecule has 1 rings (SSSR count). The van der Waals surface area contributed by atoms with Crippen LogP contribution in [-0.2, 0) is 4.79 Å². The molecule has 0 aliphatic heterocycles. The molecule has 0 radical (unpaired) electrons. The minimum atomic E-state index is 0. The van der Waals surface area contributed by atoms with Gasteiger partial charge in [0.05, 0.1) is 0 Å². The van der Waals surface area contributed by atoms with Crippen molar-refractivity contribution in [3.8, 4) is 0 Å². The first-order valence-electron chi connectivity index (χ1n) is 4.38. The van der Waals surface area contributed by atoms with Crippen LogP contribution >= 0.6 is 24.8 Å². The number of rotatable bonds is 1. The van der Waals surface area contributed by atoms with Crippen molar-refractivity contribution in [1.29, 1.82) is 0 Å². The van der Waals surface area contributed by atoms with Crippen LogP contribution in [0.3, 0.4) is 0 Å². The summed E-state index contributed by atoms with van der Waals surface area (Å²) in [6.07, 6.45) is 2.67. The van der Waals surface area contributed by atoms with Crippen molar-refractivity contribution in [3.63, 3.8) is 0 Å². The highest BCUT2D eigenvalue weighted by Crippen LogP contribution is 2.15. The van der Waals surface area contributed by atoms with Crippen LogP contribution in [0.15, 0.2) is 0 Å². The molecule has 86 valence electrons. The predicted molar refractivity (Wildman–Crippen MR) is 61.9 cm³/mol. The summed E-state index contributed by atoms with van der Waals surface area (Å²) in [5.74, 6) is 0.0164. The largest absolute Gasteiger partial charge is 0.354 e. The second-order valence-corrected chi connectivity index (χ2v) is 3.54. The number of nitrogens with two attached hydrogens (primary N) is 2. The van der Waals surface area contributed by atoms with Gasteiger partial charge in [0.1, 0.15) is 0 Å². The highest BCUT2D eigenvalue weighted by Gasteiger charge is 2.25. The molecule has 4 nitrogen and oxygen atoms in total. The van der Waals surface area contributed by atoms with E-state index in [1.165, 1.54) is 6.92 Å². The lowest BCUT2D eigenvalue weighted by Crippen LogP contribution is -2.51. The fraction of sp³-hybridized carbons (Fsp3) is 0.875. The molecule has 1 fully saturated rings. The van der Waals surface area contributed by atoms with Crippen LogP contribution in [0.4, 0.5) is 0 Å². The Kier molecular flexibility index (Phi) is 8.54. The van der Waals surface area contributed by atoms with Crippen LogP contribution < -0.4 is 16.8 Å². The lowest BCUT2D eigenvalue weighted by Gasteiger charge is -2.31. The summed E-state index contributed by atoms with van der Waals surface area (Å²) in [7, 11) is 0. The third-order valence-corrected chi connectivity index (χ3v) is 2.36. The number of halogens is 2. The first-order valence-corrected chi connectivity index (χ1v) is 4.38. The van der Waals surface area contributed by atoms with Gasteiger partial charge in [0.2, 0.25) is 5.91 Å². The van der Waals surface area contributed by atoms with E-state index in [1.807, 2.05) is 0 Å². The number of nitrogens with one attached hydrogen (secondary N) is 1. The van der Waals surface area contributed by atoms with Crippen LogP contribution in [0.5, 0.6) is 0 Å². The Morgan fingerprint density at radius 1 is 1.21 bits per heavy atom. The number of carbonyl (C=O) groups is 1. The highest BCUT2D eigenvalue weighted by molar-refractivity contribution is 5.85. The maximum absolute atomic E-state index is 10.7. The molecule has 14 heavy (non-hydrogen) atoms. The van der Waals surface area contributed by atoms with Crippen LogP contribution in [0.2, 0.25) is 0 Å². The second kappa shape index (κ2) is 7.29. The lowest BCUT2D eigenvalue weighted by atomic mass is 9.88. The summed E-state index contributed by atoms with van der Waals surface area (Å²) in [5.41, 5.74) is 11.5. The molecule has 1 amide bonds. The number of carbonyl (C=O) groups excluding carboxylic acids is 1. The first kappa shape index (κ1) is 16.4. The number of hydrogen-bond acceptors (Lipinski definition) is 3. The first-order chi connectivity index (χ1) is 5.59. The quantitative estimate of drug-likeness (QED) is 0.615. The van der Waals surface area contributed by atoms with E-state index in [-0.39, 0.29) is 48.8 Å². The maximum Gasteiger partial charge on any atom is 0.217 e. The summed E-state index contributed by atoms with van der Waals surface area (Å²) in [5, 5.41) is 2.86. The fourth-order valence-electron chi connectivity index (χ4n) is 1.65. The monoisotopic (exact) mass is 243 g/mol. The van der Waals surface area contributed by atoms with Crippen LogP contribution in [0.1, 0.15) is 26.2 Å². The van der Waals surface area contributed by atoms with Crippen molar-refractivity contribution in [2.75, 3.05) is 0 Å². The van der Waals surface area contributed by atoms with Crippen LogP contribution in [-0.4, -0.2) is 24.0 Å². The van der Waals surface area contributed by atoms with Gasteiger partial charge in [-0.1, -0.05) is 0 Å². The highest BCUT2D eigenvalue weighted by atomic mass is 35.5. The smallest absolute Gasteiger partial charge is 0.217 e. The van der Waals surface area contributed by atoms with Crippen molar-refractivity contribution in [2.45, 2.75) is 44.3 Å². The Morgan fingerprint density at radius 3 is 2.21 bits per heavy atom. The average Bonchev–Trinajstić information content (AvgIpc) is 1.96. The molecule has 0 saturated heterocycles. The Labute approximate surface area is 97.0 Å². The summed E-state index contributed by atoms with van der Waals surface area (Å²) in [6.45, 7) is 1.53. The van der Waals surface area contributed by atoms with Crippen molar-refractivity contribution in [3.05, 3.63) is 0 Å². The molecule has 1 aliphatic rings. The molecule has 3 atom stereocenters. The van der Waals surface area contributed by atoms with Gasteiger partial charge in [-0.2, -0.15) is 0 Å². The third kappa shape index (κ3) is 5.00. The minimum absolute atomic E-state index is 0. The summed E-state index contributed by atoms with van der Waals surface area (Å²) in [6, 6.07) is 0.378. The SMILES string of the molecule is CC(=O)NC1CCC(N)C(N)C1.Cl.Cl. The van der Waals surface area contributed by atoms with Gasteiger partial charge in [-0.15, -0.1) is 24.8 Å². The van der Waals surface area contributed by atoms with Gasteiger partial charge >= 0.3 is 0 Å². The second-order valence-electron chi connectivity index (χ2n) is 3.54. The fourth-order valence-corrected chi connectivity index (χ4v) is 1.65. The van der Waals surface area contributed by atoms with Crippen LogP contribution in [0, 0.1) is 0 Å². The van der Waals surface area contributed by atoms with Crippen molar-refractivity contribution >= 4 is 30.7 Å². The molecule has 0 bridgehead atoms. The Bertz CT molecular complexity index is 180. The van der Waals surface area contributed by atoms with Crippen molar-refractivity contribution < 1.29 is 4.79 Å². The Morgan fingerprint density at radius 2 is 1.79 bits per heavy atom. The van der Waals surface area contributed by atoms with E-state index < -0.39 is 0 Å². The van der Waals surface area contributed by atoms with E-state index in [2.05, 4.69) is 5.32 Å². The summed E-state index contributed by atoms with van der Waals surface area (Å²) < 4.78 is 0. The predicted octanol–water partition coefficient (Wildman–Crippen LogP) is 0.173. The Balaban J connectivity index is 0. The normalized spacial score (nSPS) is 30.9. The molecular weight excluding hydrogens is 225 g/mol. The van der Waals surface area contributed by atoms with Gasteiger partial charge in [-0.3, -0.25) is 4.79 Å². The molecule has 0 aromatic heterocycles. The van der Waals surface area contributed by atoms with Crippen molar-refractivity contribution in [2.24, 2.45) is 11.5 Å². The zero-order valence-corrected chi connectivity index (χ0v) is 9.87. The van der Waals surface area contributed by atoms with Gasteiger partial charge in [0, 0.05) is 25.0 Å². The van der Waals surface area contributed by atoms with Gasteiger partial charge in [-0.05, 0) is 19.3 Å². The van der Waals surface area contributed by atoms with E-state index in [0.717, 1.165) is 19.3 Å². The standard InChI is InChI=1S/C8H17N3O.2ClH/c1-5(12)11-6-2-3-7(9)8(10)4-6;;/h6-8H,2-4,9-10H2,1H3,(H,11,12);2*1H. The molecule has 1 aliphatic carbocycles. The van der Waals surface area contributed by atoms with Gasteiger partial charge in [-0.25, -0.2) is 0 Å². The Hall–Kier alpha value is -0.0300. The molecule has 3 unspecified atom stereocenters. The molecule has 5 N–H and O–H groups in total. The number of hydrogen-bond donors (Lipinski definition) is 3. The summed E-state index contributed by atoms with van der Waals surface area (Å²) in [4.78, 5) is 10.7. The zero-order valence-electron chi connectivity index (χ0n) is 8.23. The van der Waals surface area contributed by atoms with Crippen LogP contribution in [0.25, 0.3) is 0 Å². The molecule has 0 heterocycles. The summed E-state index contributed by atoms with van der Waals surface area (Å²) >= 11 is 0. The lowest BCUT2D eigenvalue weighted by molar-refractivity contribution is -0.119. The molecule has 0 aromatic carbocycles. The van der Waals surface area contributed by atoms with Crippen molar-refractivity contribution in [1.82, 2.24) is 5.32 Å². The topological polar surface area (TPSA) is 81.1 Å². The molecule has 1 saturated carbocycles. The van der Waals surface area contributed by atoms with E-state index in [4.69, 9.17) is 11.5 Å². The van der Waals surface area contributed by atoms with E-state index in [9.17, 15) is 4.79 Å². The number of amides is 1. The van der Waals surface area contributed by atoms with Gasteiger partial charge in [0.25, 0.3) is 0 Å².